The number of Topliss-reactive ketones (excluding diaryl/α,β-unsaturated/α-hetero) is 1. The predicted molar refractivity (Wildman–Crippen MR) is 86.9 cm³/mol. The van der Waals surface area contributed by atoms with E-state index in [9.17, 15) is 4.79 Å². The summed E-state index contributed by atoms with van der Waals surface area (Å²) in [6, 6.07) is 7.89. The number of benzene rings is 1. The summed E-state index contributed by atoms with van der Waals surface area (Å²) >= 11 is 3.29. The summed E-state index contributed by atoms with van der Waals surface area (Å²) in [5, 5.41) is 0. The number of ether oxygens (including phenoxy) is 1. The van der Waals surface area contributed by atoms with Crippen molar-refractivity contribution >= 4 is 29.3 Å². The quantitative estimate of drug-likeness (QED) is 0.616. The van der Waals surface area contributed by atoms with Crippen LogP contribution in [0, 0.1) is 0 Å². The molecule has 1 saturated heterocycles. The van der Waals surface area contributed by atoms with Crippen LogP contribution in [0.2, 0.25) is 0 Å². The van der Waals surface area contributed by atoms with Gasteiger partial charge >= 0.3 is 0 Å². The van der Waals surface area contributed by atoms with Gasteiger partial charge in [0, 0.05) is 23.5 Å². The van der Waals surface area contributed by atoms with Crippen LogP contribution in [0.4, 0.5) is 0 Å². The third-order valence-corrected chi connectivity index (χ3v) is 5.77. The number of rotatable bonds is 5. The Morgan fingerprint density at radius 1 is 1.20 bits per heavy atom. The number of ketones is 1. The molecule has 1 aromatic carbocycles. The summed E-state index contributed by atoms with van der Waals surface area (Å²) in [5.74, 6) is 0.180. The molecule has 0 radical (unpaired) electrons. The van der Waals surface area contributed by atoms with Gasteiger partial charge < -0.3 is 4.74 Å². The highest BCUT2D eigenvalue weighted by atomic mass is 32.2. The molecule has 1 aliphatic rings. The highest BCUT2D eigenvalue weighted by molar-refractivity contribution is 8.00. The molecular formula is C15H21NO2S2. The number of carbonyl (C=O) groups excluding carboxylic acids is 1. The van der Waals surface area contributed by atoms with Gasteiger partial charge in [-0.2, -0.15) is 0 Å². The van der Waals surface area contributed by atoms with Gasteiger partial charge in [-0.1, -0.05) is 12.1 Å². The van der Waals surface area contributed by atoms with E-state index in [4.69, 9.17) is 4.74 Å². The lowest BCUT2D eigenvalue weighted by atomic mass is 10.0. The zero-order chi connectivity index (χ0) is 14.6. The van der Waals surface area contributed by atoms with Crippen molar-refractivity contribution in [2.45, 2.75) is 16.7 Å². The molecule has 1 fully saturated rings. The number of thioether (sulfide) groups is 2. The van der Waals surface area contributed by atoms with Crippen LogP contribution < -0.4 is 0 Å². The van der Waals surface area contributed by atoms with Crippen LogP contribution in [0.15, 0.2) is 29.2 Å². The Labute approximate surface area is 129 Å². The normalized spacial score (nSPS) is 19.6. The first-order valence-electron chi connectivity index (χ1n) is 6.68. The van der Waals surface area contributed by atoms with Crippen LogP contribution in [0.25, 0.3) is 0 Å². The van der Waals surface area contributed by atoms with E-state index in [1.807, 2.05) is 43.7 Å². The summed E-state index contributed by atoms with van der Waals surface area (Å²) in [6.45, 7) is 5.05. The van der Waals surface area contributed by atoms with Crippen LogP contribution in [0.5, 0.6) is 0 Å². The minimum absolute atomic E-state index is 0.180. The van der Waals surface area contributed by atoms with Crippen molar-refractivity contribution in [1.29, 1.82) is 0 Å². The zero-order valence-electron chi connectivity index (χ0n) is 12.2. The van der Waals surface area contributed by atoms with Gasteiger partial charge in [-0.25, -0.2) is 0 Å². The van der Waals surface area contributed by atoms with Crippen LogP contribution in [0.1, 0.15) is 17.3 Å². The minimum atomic E-state index is -0.509. The molecule has 2 rings (SSSR count). The Bertz CT molecular complexity index is 457. The average molecular weight is 311 g/mol. The zero-order valence-corrected chi connectivity index (χ0v) is 13.9. The fourth-order valence-corrected chi connectivity index (χ4v) is 3.52. The largest absolute Gasteiger partial charge is 0.379 e. The second kappa shape index (κ2) is 6.98. The van der Waals surface area contributed by atoms with Crippen LogP contribution >= 0.6 is 23.5 Å². The van der Waals surface area contributed by atoms with Gasteiger partial charge in [0.15, 0.2) is 5.78 Å². The lowest BCUT2D eigenvalue weighted by molar-refractivity contribution is 0.0136. The van der Waals surface area contributed by atoms with Crippen molar-refractivity contribution < 1.29 is 9.53 Å². The van der Waals surface area contributed by atoms with Crippen molar-refractivity contribution in [3.05, 3.63) is 29.8 Å². The molecule has 1 aliphatic heterocycles. The van der Waals surface area contributed by atoms with Gasteiger partial charge in [0.1, 0.15) is 4.87 Å². The van der Waals surface area contributed by atoms with E-state index >= 15 is 0 Å². The smallest absolute Gasteiger partial charge is 0.193 e. The molecular weight excluding hydrogens is 290 g/mol. The Hall–Kier alpha value is -0.490. The summed E-state index contributed by atoms with van der Waals surface area (Å²) in [7, 11) is 0. The van der Waals surface area contributed by atoms with Crippen molar-refractivity contribution in [3.63, 3.8) is 0 Å². The van der Waals surface area contributed by atoms with Crippen molar-refractivity contribution in [2.75, 3.05) is 38.8 Å². The first-order chi connectivity index (χ1) is 9.61. The van der Waals surface area contributed by atoms with E-state index in [-0.39, 0.29) is 5.78 Å². The average Bonchev–Trinajstić information content (AvgIpc) is 2.54. The van der Waals surface area contributed by atoms with E-state index in [0.717, 1.165) is 18.7 Å². The molecule has 5 heteroatoms. The summed E-state index contributed by atoms with van der Waals surface area (Å²) < 4.78 is 5.39. The highest BCUT2D eigenvalue weighted by Crippen LogP contribution is 2.32. The van der Waals surface area contributed by atoms with E-state index < -0.39 is 4.87 Å². The van der Waals surface area contributed by atoms with Crippen molar-refractivity contribution in [3.8, 4) is 0 Å². The molecule has 1 heterocycles. The number of morpholine rings is 1. The van der Waals surface area contributed by atoms with Crippen molar-refractivity contribution in [2.24, 2.45) is 0 Å². The number of hydrogen-bond donors (Lipinski definition) is 0. The van der Waals surface area contributed by atoms with Gasteiger partial charge in [0.2, 0.25) is 0 Å². The van der Waals surface area contributed by atoms with E-state index in [1.165, 1.54) is 4.90 Å². The first kappa shape index (κ1) is 15.9. The first-order valence-corrected chi connectivity index (χ1v) is 9.13. The molecule has 0 saturated carbocycles. The summed E-state index contributed by atoms with van der Waals surface area (Å²) in [6.07, 6.45) is 4.04. The van der Waals surface area contributed by atoms with Crippen LogP contribution in [-0.4, -0.2) is 54.4 Å². The monoisotopic (exact) mass is 311 g/mol. The second-order valence-corrected chi connectivity index (χ2v) is 6.93. The molecule has 20 heavy (non-hydrogen) atoms. The summed E-state index contributed by atoms with van der Waals surface area (Å²) in [4.78, 5) is 15.8. The maximum Gasteiger partial charge on any atom is 0.193 e. The lowest BCUT2D eigenvalue weighted by Gasteiger charge is -2.40. The van der Waals surface area contributed by atoms with Crippen LogP contribution in [-0.2, 0) is 4.74 Å². The lowest BCUT2D eigenvalue weighted by Crippen LogP contribution is -2.54. The van der Waals surface area contributed by atoms with Gasteiger partial charge in [0.25, 0.3) is 0 Å². The van der Waals surface area contributed by atoms with Crippen molar-refractivity contribution in [1.82, 2.24) is 4.90 Å². The second-order valence-electron chi connectivity index (χ2n) is 4.84. The minimum Gasteiger partial charge on any atom is -0.379 e. The Kier molecular flexibility index (Phi) is 5.55. The molecule has 0 spiro atoms. The van der Waals surface area contributed by atoms with Gasteiger partial charge in [-0.15, -0.1) is 23.5 Å². The van der Waals surface area contributed by atoms with E-state index in [2.05, 4.69) is 4.90 Å². The molecule has 3 nitrogen and oxygen atoms in total. The molecule has 1 atom stereocenters. The Morgan fingerprint density at radius 3 is 2.30 bits per heavy atom. The van der Waals surface area contributed by atoms with Gasteiger partial charge in [0.05, 0.1) is 13.2 Å². The third kappa shape index (κ3) is 3.22. The maximum atomic E-state index is 12.9. The molecule has 0 bridgehead atoms. The molecule has 0 amide bonds. The molecule has 1 aromatic rings. The highest BCUT2D eigenvalue weighted by Gasteiger charge is 2.39. The number of hydrogen-bond acceptors (Lipinski definition) is 5. The topological polar surface area (TPSA) is 29.5 Å². The van der Waals surface area contributed by atoms with Gasteiger partial charge in [-0.3, -0.25) is 9.69 Å². The number of carbonyl (C=O) groups is 1. The molecule has 0 N–H and O–H groups in total. The SMILES string of the molecule is CSc1ccc(C(=O)C(C)(SC)N2CCOCC2)cc1. The molecule has 1 unspecified atom stereocenters. The fourth-order valence-electron chi connectivity index (χ4n) is 2.37. The predicted octanol–water partition coefficient (Wildman–Crippen LogP) is 3.00. The number of nitrogens with zero attached hydrogens (tertiary/aromatic N) is 1. The van der Waals surface area contributed by atoms with Gasteiger partial charge in [-0.05, 0) is 31.6 Å². The fraction of sp³-hybridized carbons (Fsp3) is 0.533. The maximum absolute atomic E-state index is 12.9. The Balaban J connectivity index is 2.22. The van der Waals surface area contributed by atoms with E-state index in [1.54, 1.807) is 23.5 Å². The van der Waals surface area contributed by atoms with Crippen LogP contribution in [0.3, 0.4) is 0 Å². The molecule has 110 valence electrons. The molecule has 0 aromatic heterocycles. The summed E-state index contributed by atoms with van der Waals surface area (Å²) in [5.41, 5.74) is 0.783. The Morgan fingerprint density at radius 2 is 1.80 bits per heavy atom. The molecule has 0 aliphatic carbocycles. The third-order valence-electron chi connectivity index (χ3n) is 3.79. The van der Waals surface area contributed by atoms with E-state index in [0.29, 0.717) is 13.2 Å². The standard InChI is InChI=1S/C15H21NO2S2/c1-15(20-3,16-8-10-18-11-9-16)14(17)12-4-6-13(19-2)7-5-12/h4-7H,8-11H2,1-3H3.